The largest absolute Gasteiger partial charge is 0.315 e. The summed E-state index contributed by atoms with van der Waals surface area (Å²) in [5, 5.41) is 3.43. The van der Waals surface area contributed by atoms with Crippen molar-refractivity contribution in [1.82, 2.24) is 14.9 Å². The van der Waals surface area contributed by atoms with Gasteiger partial charge in [0.2, 0.25) is 0 Å². The van der Waals surface area contributed by atoms with Crippen molar-refractivity contribution >= 4 is 15.9 Å². The Morgan fingerprint density at radius 3 is 2.94 bits per heavy atom. The summed E-state index contributed by atoms with van der Waals surface area (Å²) in [6.45, 7) is 4.41. The molecule has 0 bridgehead atoms. The number of rotatable bonds is 5. The van der Waals surface area contributed by atoms with E-state index in [-0.39, 0.29) is 5.56 Å². The fourth-order valence-electron chi connectivity index (χ4n) is 2.43. The highest BCUT2D eigenvalue weighted by atomic mass is 79.9. The van der Waals surface area contributed by atoms with E-state index >= 15 is 0 Å². The number of halogens is 1. The molecule has 1 aromatic heterocycles. The third-order valence-electron chi connectivity index (χ3n) is 3.59. The molecule has 1 N–H and O–H groups in total. The van der Waals surface area contributed by atoms with Crippen molar-refractivity contribution in [2.45, 2.75) is 39.2 Å². The number of aromatic nitrogens is 2. The normalized spacial score (nSPS) is 16.3. The van der Waals surface area contributed by atoms with Crippen LogP contribution >= 0.6 is 15.9 Å². The Bertz CT molecular complexity index is 452. The number of hydrogen-bond acceptors (Lipinski definition) is 3. The van der Waals surface area contributed by atoms with E-state index in [1.165, 1.54) is 25.7 Å². The van der Waals surface area contributed by atoms with E-state index in [1.54, 1.807) is 10.9 Å². The Labute approximate surface area is 116 Å². The molecular weight excluding hydrogens is 294 g/mol. The summed E-state index contributed by atoms with van der Waals surface area (Å²) in [4.78, 5) is 16.1. The molecule has 0 atom stereocenters. The second-order valence-corrected chi connectivity index (χ2v) is 5.79. The number of nitrogens with zero attached hydrogens (tertiary/aromatic N) is 2. The molecule has 1 heterocycles. The van der Waals surface area contributed by atoms with Crippen molar-refractivity contribution in [3.63, 3.8) is 0 Å². The van der Waals surface area contributed by atoms with Crippen molar-refractivity contribution in [3.8, 4) is 0 Å². The van der Waals surface area contributed by atoms with Crippen LogP contribution in [0.2, 0.25) is 0 Å². The van der Waals surface area contributed by atoms with Crippen LogP contribution in [0.25, 0.3) is 0 Å². The van der Waals surface area contributed by atoms with Crippen LogP contribution in [0.1, 0.15) is 31.4 Å². The summed E-state index contributed by atoms with van der Waals surface area (Å²) in [5.41, 5.74) is 0.750. The first kappa shape index (κ1) is 13.7. The molecule has 5 heteroatoms. The van der Waals surface area contributed by atoms with Crippen LogP contribution in [0.15, 0.2) is 15.6 Å². The zero-order valence-corrected chi connectivity index (χ0v) is 12.4. The molecule has 0 aromatic carbocycles. The van der Waals surface area contributed by atoms with E-state index in [0.717, 1.165) is 24.7 Å². The maximum atomic E-state index is 11.9. The molecule has 0 radical (unpaired) electrons. The summed E-state index contributed by atoms with van der Waals surface area (Å²) in [5.74, 6) is 0.838. The standard InChI is InChI=1S/C13H20BrN3O/c1-10-12(14)13(18)17(9-16-10)7-6-15-8-11-4-2-3-5-11/h9,11,15H,2-8H2,1H3. The first-order valence-corrected chi connectivity index (χ1v) is 7.40. The molecular formula is C13H20BrN3O. The average Bonchev–Trinajstić information content (AvgIpc) is 2.87. The van der Waals surface area contributed by atoms with Gasteiger partial charge in [0.15, 0.2) is 0 Å². The summed E-state index contributed by atoms with van der Waals surface area (Å²) in [6.07, 6.45) is 7.08. The van der Waals surface area contributed by atoms with E-state index < -0.39 is 0 Å². The minimum atomic E-state index is 0.00478. The lowest BCUT2D eigenvalue weighted by Gasteiger charge is -2.11. The van der Waals surface area contributed by atoms with Crippen LogP contribution in [-0.4, -0.2) is 22.6 Å². The van der Waals surface area contributed by atoms with Gasteiger partial charge < -0.3 is 5.32 Å². The average molecular weight is 314 g/mol. The minimum absolute atomic E-state index is 0.00478. The monoisotopic (exact) mass is 313 g/mol. The molecule has 4 nitrogen and oxygen atoms in total. The van der Waals surface area contributed by atoms with E-state index in [0.29, 0.717) is 11.0 Å². The van der Waals surface area contributed by atoms with Gasteiger partial charge in [-0.3, -0.25) is 9.36 Å². The maximum absolute atomic E-state index is 11.9. The van der Waals surface area contributed by atoms with Gasteiger partial charge in [-0.2, -0.15) is 0 Å². The predicted molar refractivity (Wildman–Crippen MR) is 75.8 cm³/mol. The van der Waals surface area contributed by atoms with Gasteiger partial charge in [-0.15, -0.1) is 0 Å². The first-order valence-electron chi connectivity index (χ1n) is 6.60. The fraction of sp³-hybridized carbons (Fsp3) is 0.692. The highest BCUT2D eigenvalue weighted by molar-refractivity contribution is 9.10. The highest BCUT2D eigenvalue weighted by Crippen LogP contribution is 2.23. The van der Waals surface area contributed by atoms with Crippen molar-refractivity contribution in [2.24, 2.45) is 5.92 Å². The molecule has 0 spiro atoms. The van der Waals surface area contributed by atoms with Crippen LogP contribution in [0, 0.1) is 12.8 Å². The van der Waals surface area contributed by atoms with Gasteiger partial charge in [-0.1, -0.05) is 12.8 Å². The number of nitrogens with one attached hydrogen (secondary N) is 1. The molecule has 1 fully saturated rings. The Kier molecular flexibility index (Phi) is 4.95. The van der Waals surface area contributed by atoms with Crippen LogP contribution in [0.4, 0.5) is 0 Å². The lowest BCUT2D eigenvalue weighted by Crippen LogP contribution is -2.30. The van der Waals surface area contributed by atoms with Crippen LogP contribution in [0.5, 0.6) is 0 Å². The molecule has 100 valence electrons. The fourth-order valence-corrected chi connectivity index (χ4v) is 2.76. The Hall–Kier alpha value is -0.680. The second kappa shape index (κ2) is 6.48. The van der Waals surface area contributed by atoms with Gasteiger partial charge in [-0.05, 0) is 48.2 Å². The molecule has 1 saturated carbocycles. The van der Waals surface area contributed by atoms with Gasteiger partial charge in [-0.25, -0.2) is 4.98 Å². The zero-order valence-electron chi connectivity index (χ0n) is 10.8. The van der Waals surface area contributed by atoms with Crippen molar-refractivity contribution in [1.29, 1.82) is 0 Å². The zero-order chi connectivity index (χ0) is 13.0. The molecule has 2 rings (SSSR count). The highest BCUT2D eigenvalue weighted by Gasteiger charge is 2.13. The summed E-state index contributed by atoms with van der Waals surface area (Å²) in [7, 11) is 0. The molecule has 0 saturated heterocycles. The Balaban J connectivity index is 1.79. The van der Waals surface area contributed by atoms with Crippen molar-refractivity contribution in [3.05, 3.63) is 26.8 Å². The van der Waals surface area contributed by atoms with Gasteiger partial charge in [0.25, 0.3) is 5.56 Å². The molecule has 0 aliphatic heterocycles. The number of hydrogen-bond donors (Lipinski definition) is 1. The molecule has 0 amide bonds. The van der Waals surface area contributed by atoms with Gasteiger partial charge in [0.1, 0.15) is 4.47 Å². The van der Waals surface area contributed by atoms with E-state index in [1.807, 2.05) is 6.92 Å². The summed E-state index contributed by atoms with van der Waals surface area (Å²) in [6, 6.07) is 0. The van der Waals surface area contributed by atoms with Crippen molar-refractivity contribution < 1.29 is 0 Å². The lowest BCUT2D eigenvalue weighted by atomic mass is 10.1. The third kappa shape index (κ3) is 3.42. The summed E-state index contributed by atoms with van der Waals surface area (Å²) < 4.78 is 2.22. The minimum Gasteiger partial charge on any atom is -0.315 e. The third-order valence-corrected chi connectivity index (χ3v) is 4.51. The Morgan fingerprint density at radius 2 is 2.22 bits per heavy atom. The summed E-state index contributed by atoms with van der Waals surface area (Å²) >= 11 is 3.28. The van der Waals surface area contributed by atoms with E-state index in [9.17, 15) is 4.79 Å². The second-order valence-electron chi connectivity index (χ2n) is 5.00. The van der Waals surface area contributed by atoms with Gasteiger partial charge >= 0.3 is 0 Å². The number of aryl methyl sites for hydroxylation is 1. The SMILES string of the molecule is Cc1ncn(CCNCC2CCCC2)c(=O)c1Br. The van der Waals surface area contributed by atoms with Crippen LogP contribution in [0.3, 0.4) is 0 Å². The van der Waals surface area contributed by atoms with Crippen LogP contribution in [-0.2, 0) is 6.54 Å². The van der Waals surface area contributed by atoms with Crippen molar-refractivity contribution in [2.75, 3.05) is 13.1 Å². The smallest absolute Gasteiger partial charge is 0.267 e. The maximum Gasteiger partial charge on any atom is 0.267 e. The van der Waals surface area contributed by atoms with Gasteiger partial charge in [0.05, 0.1) is 12.0 Å². The molecule has 1 aliphatic carbocycles. The predicted octanol–water partition coefficient (Wildman–Crippen LogP) is 2.09. The molecule has 0 unspecified atom stereocenters. The van der Waals surface area contributed by atoms with E-state index in [2.05, 4.69) is 26.2 Å². The quantitative estimate of drug-likeness (QED) is 0.847. The molecule has 18 heavy (non-hydrogen) atoms. The lowest BCUT2D eigenvalue weighted by molar-refractivity contribution is 0.472. The van der Waals surface area contributed by atoms with E-state index in [4.69, 9.17) is 0 Å². The van der Waals surface area contributed by atoms with Gasteiger partial charge in [0, 0.05) is 13.1 Å². The van der Waals surface area contributed by atoms with Crippen LogP contribution < -0.4 is 10.9 Å². The first-order chi connectivity index (χ1) is 8.68. The molecule has 1 aliphatic rings. The Morgan fingerprint density at radius 1 is 1.50 bits per heavy atom. The molecule has 1 aromatic rings. The topological polar surface area (TPSA) is 46.9 Å².